The normalized spacial score (nSPS) is 12.6. The molecule has 182 valence electrons. The highest BCUT2D eigenvalue weighted by atomic mass is 35.5. The lowest BCUT2D eigenvalue weighted by Gasteiger charge is -2.25. The molecule has 0 bridgehead atoms. The van der Waals surface area contributed by atoms with E-state index < -0.39 is 17.6 Å². The molecular weight excluding hydrogens is 456 g/mol. The van der Waals surface area contributed by atoms with Gasteiger partial charge in [-0.15, -0.1) is 0 Å². The molecule has 1 aromatic carbocycles. The van der Waals surface area contributed by atoms with Gasteiger partial charge in [0.15, 0.2) is 0 Å². The van der Waals surface area contributed by atoms with Gasteiger partial charge in [0.2, 0.25) is 0 Å². The number of benzene rings is 1. The van der Waals surface area contributed by atoms with Crippen LogP contribution < -0.4 is 10.3 Å². The van der Waals surface area contributed by atoms with Crippen molar-refractivity contribution >= 4 is 17.6 Å². The minimum atomic E-state index is -0.967. The van der Waals surface area contributed by atoms with E-state index in [9.17, 15) is 9.59 Å². The largest absolute Gasteiger partial charge is 0.495 e. The third-order valence-corrected chi connectivity index (χ3v) is 5.51. The Morgan fingerprint density at radius 3 is 2.44 bits per heavy atom. The number of hydrogen-bond acceptors (Lipinski definition) is 6. The summed E-state index contributed by atoms with van der Waals surface area (Å²) in [6.45, 7) is 11.3. The lowest BCUT2D eigenvalue weighted by molar-refractivity contribution is -0.159. The Hall–Kier alpha value is -3.06. The number of ether oxygens (including phenoxy) is 2. The molecule has 0 amide bonds. The number of esters is 1. The van der Waals surface area contributed by atoms with E-state index in [4.69, 9.17) is 25.6 Å². The number of carbonyl (C=O) groups is 1. The summed E-state index contributed by atoms with van der Waals surface area (Å²) in [6, 6.07) is 7.83. The van der Waals surface area contributed by atoms with Crippen molar-refractivity contribution < 1.29 is 18.8 Å². The van der Waals surface area contributed by atoms with Crippen LogP contribution in [0.5, 0.6) is 5.75 Å². The fourth-order valence-electron chi connectivity index (χ4n) is 3.78. The maximum Gasteiger partial charge on any atom is 0.330 e. The number of hydrogen-bond donors (Lipinski definition) is 0. The van der Waals surface area contributed by atoms with E-state index in [1.54, 1.807) is 40.0 Å². The second kappa shape index (κ2) is 10.1. The van der Waals surface area contributed by atoms with E-state index in [0.717, 1.165) is 11.1 Å². The summed E-state index contributed by atoms with van der Waals surface area (Å²) in [7, 11) is 1.52. The Morgan fingerprint density at radius 1 is 1.18 bits per heavy atom. The minimum Gasteiger partial charge on any atom is -0.495 e. The van der Waals surface area contributed by atoms with Gasteiger partial charge < -0.3 is 14.0 Å². The first kappa shape index (κ1) is 25.6. The van der Waals surface area contributed by atoms with Crippen molar-refractivity contribution in [2.45, 2.75) is 65.5 Å². The van der Waals surface area contributed by atoms with E-state index in [0.29, 0.717) is 27.8 Å². The fraction of sp³-hybridized carbons (Fsp3) is 0.423. The zero-order chi connectivity index (χ0) is 25.2. The van der Waals surface area contributed by atoms with Crippen LogP contribution in [-0.4, -0.2) is 28.4 Å². The number of halogens is 1. The van der Waals surface area contributed by atoms with Gasteiger partial charge in [0.25, 0.3) is 5.56 Å². The summed E-state index contributed by atoms with van der Waals surface area (Å²) >= 11 is 6.28. The van der Waals surface area contributed by atoms with Crippen molar-refractivity contribution in [3.05, 3.63) is 68.9 Å². The molecule has 0 spiro atoms. The lowest BCUT2D eigenvalue weighted by atomic mass is 9.92. The van der Waals surface area contributed by atoms with Gasteiger partial charge in [-0.1, -0.05) is 36.7 Å². The molecule has 34 heavy (non-hydrogen) atoms. The molecule has 0 saturated carbocycles. The Morgan fingerprint density at radius 2 is 1.88 bits per heavy atom. The van der Waals surface area contributed by atoms with Gasteiger partial charge in [-0.05, 0) is 56.9 Å². The van der Waals surface area contributed by atoms with Crippen molar-refractivity contribution in [1.29, 1.82) is 0 Å². The summed E-state index contributed by atoms with van der Waals surface area (Å²) in [5, 5.41) is 4.44. The quantitative estimate of drug-likeness (QED) is 0.397. The second-order valence-electron chi connectivity index (χ2n) is 9.58. The molecular formula is C26H31ClN2O5. The maximum absolute atomic E-state index is 13.4. The summed E-state index contributed by atoms with van der Waals surface area (Å²) in [5.74, 6) is 0.555. The number of pyridine rings is 1. The van der Waals surface area contributed by atoms with Gasteiger partial charge in [-0.25, -0.2) is 4.79 Å². The molecule has 3 rings (SSSR count). The van der Waals surface area contributed by atoms with Crippen molar-refractivity contribution in [3.8, 4) is 16.9 Å². The summed E-state index contributed by atoms with van der Waals surface area (Å²) in [6.07, 6.45) is 1.65. The monoisotopic (exact) mass is 486 g/mol. The number of aryl methyl sites for hydroxylation is 1. The van der Waals surface area contributed by atoms with Gasteiger partial charge >= 0.3 is 5.97 Å². The predicted molar refractivity (Wildman–Crippen MR) is 132 cm³/mol. The first-order valence-corrected chi connectivity index (χ1v) is 11.5. The molecule has 1 unspecified atom stereocenters. The highest BCUT2D eigenvalue weighted by molar-refractivity contribution is 6.30. The summed E-state index contributed by atoms with van der Waals surface area (Å²) in [4.78, 5) is 26.5. The van der Waals surface area contributed by atoms with Crippen molar-refractivity contribution in [3.63, 3.8) is 0 Å². The van der Waals surface area contributed by atoms with Crippen LogP contribution in [0.4, 0.5) is 0 Å². The molecule has 8 heteroatoms. The molecule has 0 radical (unpaired) electrons. The van der Waals surface area contributed by atoms with E-state index in [2.05, 4.69) is 19.0 Å². The molecule has 0 N–H and O–H groups in total. The number of aromatic nitrogens is 2. The predicted octanol–water partition coefficient (Wildman–Crippen LogP) is 5.72. The van der Waals surface area contributed by atoms with Crippen molar-refractivity contribution in [1.82, 2.24) is 9.72 Å². The molecule has 0 aliphatic rings. The van der Waals surface area contributed by atoms with Crippen LogP contribution in [0.1, 0.15) is 63.6 Å². The van der Waals surface area contributed by atoms with Gasteiger partial charge in [0, 0.05) is 29.1 Å². The Labute approximate surface area is 204 Å². The van der Waals surface area contributed by atoms with Crippen molar-refractivity contribution in [2.24, 2.45) is 0 Å². The summed E-state index contributed by atoms with van der Waals surface area (Å²) < 4.78 is 17.9. The molecule has 0 fully saturated rings. The van der Waals surface area contributed by atoms with Crippen LogP contribution in [0, 0.1) is 6.92 Å². The topological polar surface area (TPSA) is 83.6 Å². The van der Waals surface area contributed by atoms with Crippen LogP contribution in [-0.2, 0) is 16.0 Å². The van der Waals surface area contributed by atoms with E-state index in [1.165, 1.54) is 17.7 Å². The van der Waals surface area contributed by atoms with E-state index >= 15 is 0 Å². The Balaban J connectivity index is 2.15. The zero-order valence-corrected chi connectivity index (χ0v) is 21.4. The van der Waals surface area contributed by atoms with Gasteiger partial charge in [0.05, 0.1) is 19.0 Å². The van der Waals surface area contributed by atoms with Gasteiger partial charge in [-0.3, -0.25) is 9.36 Å². The second-order valence-corrected chi connectivity index (χ2v) is 10.0. The highest BCUT2D eigenvalue weighted by Crippen LogP contribution is 2.36. The molecule has 7 nitrogen and oxygen atoms in total. The van der Waals surface area contributed by atoms with Gasteiger partial charge in [0.1, 0.15) is 23.2 Å². The average molecular weight is 487 g/mol. The number of carbonyl (C=O) groups excluding carboxylic acids is 1. The maximum atomic E-state index is 13.4. The SMILES string of the molecule is COc1cn(C(Cc2cc(C)no2)C(=O)OC(C)(C)C)c(=O)cc1-c1cc(Cl)ccc1C(C)C. The zero-order valence-electron chi connectivity index (χ0n) is 20.6. The van der Waals surface area contributed by atoms with Crippen LogP contribution in [0.25, 0.3) is 11.1 Å². The standard InChI is InChI=1S/C26H31ClN2O5/c1-15(2)19-9-8-17(27)11-20(19)21-13-24(30)29(14-23(21)32-7)22(25(31)33-26(4,5)6)12-18-10-16(3)28-34-18/h8-11,13-15,22H,12H2,1-7H3. The molecule has 2 aromatic heterocycles. The summed E-state index contributed by atoms with van der Waals surface area (Å²) in [5.41, 5.74) is 2.02. The minimum absolute atomic E-state index is 0.104. The first-order valence-electron chi connectivity index (χ1n) is 11.1. The van der Waals surface area contributed by atoms with Crippen molar-refractivity contribution in [2.75, 3.05) is 7.11 Å². The Kier molecular flexibility index (Phi) is 7.56. The fourth-order valence-corrected chi connectivity index (χ4v) is 3.95. The average Bonchev–Trinajstić information content (AvgIpc) is 3.15. The number of rotatable bonds is 7. The number of methoxy groups -OCH3 is 1. The smallest absolute Gasteiger partial charge is 0.330 e. The van der Waals surface area contributed by atoms with Crippen LogP contribution in [0.2, 0.25) is 5.02 Å². The van der Waals surface area contributed by atoms with E-state index in [-0.39, 0.29) is 17.9 Å². The molecule has 0 saturated heterocycles. The van der Waals surface area contributed by atoms with E-state index in [1.807, 2.05) is 18.2 Å². The Bertz CT molecular complexity index is 1240. The van der Waals surface area contributed by atoms with Crippen LogP contribution >= 0.6 is 11.6 Å². The molecule has 3 aromatic rings. The molecule has 0 aliphatic carbocycles. The highest BCUT2D eigenvalue weighted by Gasteiger charge is 2.30. The third kappa shape index (κ3) is 5.89. The first-order chi connectivity index (χ1) is 15.9. The van der Waals surface area contributed by atoms with Crippen LogP contribution in [0.3, 0.4) is 0 Å². The van der Waals surface area contributed by atoms with Crippen LogP contribution in [0.15, 0.2) is 45.8 Å². The third-order valence-electron chi connectivity index (χ3n) is 5.28. The van der Waals surface area contributed by atoms with Gasteiger partial charge in [-0.2, -0.15) is 0 Å². The molecule has 0 aliphatic heterocycles. The molecule has 2 heterocycles. The molecule has 1 atom stereocenters. The number of nitrogens with zero attached hydrogens (tertiary/aromatic N) is 2. The lowest BCUT2D eigenvalue weighted by Crippen LogP contribution is -2.36.